The first-order valence-corrected chi connectivity index (χ1v) is 9.34. The van der Waals surface area contributed by atoms with Crippen LogP contribution in [-0.2, 0) is 0 Å². The number of hydrogen-bond donors (Lipinski definition) is 4. The number of benzene rings is 1. The molecular formula is C21H30N6. The minimum atomic E-state index is 0.0385. The highest BCUT2D eigenvalue weighted by atomic mass is 15.1. The summed E-state index contributed by atoms with van der Waals surface area (Å²) in [7, 11) is 0. The number of para-hydroxylation sites is 2. The van der Waals surface area contributed by atoms with Gasteiger partial charge >= 0.3 is 0 Å². The van der Waals surface area contributed by atoms with Crippen LogP contribution in [0, 0.1) is 0 Å². The lowest BCUT2D eigenvalue weighted by Crippen LogP contribution is -2.59. The van der Waals surface area contributed by atoms with Gasteiger partial charge in [-0.15, -0.1) is 0 Å². The summed E-state index contributed by atoms with van der Waals surface area (Å²) in [6.07, 6.45) is 7.17. The zero-order chi connectivity index (χ0) is 19.7. The van der Waals surface area contributed by atoms with Crippen LogP contribution in [0.1, 0.15) is 40.5 Å². The first kappa shape index (κ1) is 19.2. The zero-order valence-corrected chi connectivity index (χ0v) is 16.6. The highest BCUT2D eigenvalue weighted by Crippen LogP contribution is 2.30. The third-order valence-corrected chi connectivity index (χ3v) is 4.75. The quantitative estimate of drug-likeness (QED) is 0.487. The number of fused-ring (bicyclic) bond motifs is 1. The summed E-state index contributed by atoms with van der Waals surface area (Å²) < 4.78 is 0. The molecule has 1 fully saturated rings. The van der Waals surface area contributed by atoms with Gasteiger partial charge in [-0.25, -0.2) is 0 Å². The number of aliphatic imine (C=N–C) groups is 2. The van der Waals surface area contributed by atoms with Crippen molar-refractivity contribution in [2.24, 2.45) is 21.5 Å². The predicted octanol–water partition coefficient (Wildman–Crippen LogP) is 3.21. The molecule has 0 spiro atoms. The van der Waals surface area contributed by atoms with Crippen LogP contribution in [-0.4, -0.2) is 29.2 Å². The Kier molecular flexibility index (Phi) is 5.11. The molecule has 0 radical (unpaired) electrons. The minimum absolute atomic E-state index is 0.0385. The highest BCUT2D eigenvalue weighted by molar-refractivity contribution is 5.95. The third kappa shape index (κ3) is 4.98. The van der Waals surface area contributed by atoms with Crippen molar-refractivity contribution in [2.45, 2.75) is 57.7 Å². The van der Waals surface area contributed by atoms with Gasteiger partial charge in [-0.3, -0.25) is 9.98 Å². The van der Waals surface area contributed by atoms with Crippen LogP contribution in [0.4, 0.5) is 11.4 Å². The molecular weight excluding hydrogens is 336 g/mol. The molecule has 1 saturated heterocycles. The second kappa shape index (κ2) is 7.19. The molecule has 2 aliphatic heterocycles. The van der Waals surface area contributed by atoms with E-state index in [1.165, 1.54) is 0 Å². The molecule has 3 rings (SSSR count). The second-order valence-corrected chi connectivity index (χ2v) is 8.61. The Bertz CT molecular complexity index is 813. The van der Waals surface area contributed by atoms with Gasteiger partial charge in [0.1, 0.15) is 5.84 Å². The average Bonchev–Trinajstić information content (AvgIpc) is 2.56. The van der Waals surface area contributed by atoms with E-state index in [9.17, 15) is 0 Å². The standard InChI is InChI=1S/C21H30N6/c1-20(2)11-14(12-21(3,4)27-20)25-19(23)10-9-15(22)18-13-24-16-7-5-6-8-17(16)26-18/h5-10,13-14,26-27H,11-12,22H2,1-4H3,(H2,23,25). The fourth-order valence-electron chi connectivity index (χ4n) is 4.03. The van der Waals surface area contributed by atoms with E-state index < -0.39 is 0 Å². The Labute approximate surface area is 161 Å². The highest BCUT2D eigenvalue weighted by Gasteiger charge is 2.37. The Hall–Kier alpha value is -2.60. The van der Waals surface area contributed by atoms with Crippen molar-refractivity contribution in [1.29, 1.82) is 0 Å². The summed E-state index contributed by atoms with van der Waals surface area (Å²) in [5.74, 6) is 0.491. The van der Waals surface area contributed by atoms with Crippen molar-refractivity contribution in [2.75, 3.05) is 5.32 Å². The number of allylic oxidation sites excluding steroid dienone is 2. The largest absolute Gasteiger partial charge is 0.397 e. The molecule has 2 heterocycles. The van der Waals surface area contributed by atoms with Gasteiger partial charge in [0.2, 0.25) is 0 Å². The molecule has 0 bridgehead atoms. The molecule has 1 aromatic carbocycles. The van der Waals surface area contributed by atoms with E-state index in [4.69, 9.17) is 16.5 Å². The Morgan fingerprint density at radius 3 is 2.48 bits per heavy atom. The average molecular weight is 367 g/mol. The number of anilines is 1. The van der Waals surface area contributed by atoms with Gasteiger partial charge in [0.25, 0.3) is 0 Å². The van der Waals surface area contributed by atoms with Gasteiger partial charge in [-0.05, 0) is 64.8 Å². The summed E-state index contributed by atoms with van der Waals surface area (Å²) in [6, 6.07) is 8.03. The van der Waals surface area contributed by atoms with E-state index in [1.54, 1.807) is 18.4 Å². The van der Waals surface area contributed by atoms with Crippen LogP contribution in [0.5, 0.6) is 0 Å². The number of nitrogens with zero attached hydrogens (tertiary/aromatic N) is 2. The number of rotatable bonds is 3. The van der Waals surface area contributed by atoms with Gasteiger partial charge in [0, 0.05) is 11.1 Å². The lowest BCUT2D eigenvalue weighted by Gasteiger charge is -2.45. The molecule has 0 amide bonds. The van der Waals surface area contributed by atoms with Gasteiger partial charge in [-0.2, -0.15) is 0 Å². The fraction of sp³-hybridized carbons (Fsp3) is 0.429. The van der Waals surface area contributed by atoms with Gasteiger partial charge in [0.05, 0.1) is 35.0 Å². The van der Waals surface area contributed by atoms with E-state index in [0.717, 1.165) is 29.9 Å². The Morgan fingerprint density at radius 1 is 1.11 bits per heavy atom. The van der Waals surface area contributed by atoms with E-state index in [0.29, 0.717) is 11.5 Å². The van der Waals surface area contributed by atoms with Crippen molar-refractivity contribution < 1.29 is 0 Å². The van der Waals surface area contributed by atoms with E-state index in [-0.39, 0.29) is 17.1 Å². The summed E-state index contributed by atoms with van der Waals surface area (Å²) in [6.45, 7) is 8.82. The molecule has 6 heteroatoms. The van der Waals surface area contributed by atoms with Crippen molar-refractivity contribution >= 4 is 23.4 Å². The molecule has 6 nitrogen and oxygen atoms in total. The summed E-state index contributed by atoms with van der Waals surface area (Å²) in [4.78, 5) is 9.14. The number of piperidine rings is 1. The molecule has 27 heavy (non-hydrogen) atoms. The van der Waals surface area contributed by atoms with Gasteiger partial charge in [0.15, 0.2) is 0 Å². The second-order valence-electron chi connectivity index (χ2n) is 8.61. The Morgan fingerprint density at radius 2 is 1.78 bits per heavy atom. The predicted molar refractivity (Wildman–Crippen MR) is 115 cm³/mol. The molecule has 0 aliphatic carbocycles. The van der Waals surface area contributed by atoms with Crippen molar-refractivity contribution in [3.05, 3.63) is 47.8 Å². The van der Waals surface area contributed by atoms with Crippen LogP contribution in [0.2, 0.25) is 0 Å². The van der Waals surface area contributed by atoms with Crippen LogP contribution in [0.3, 0.4) is 0 Å². The maximum Gasteiger partial charge on any atom is 0.118 e. The Balaban J connectivity index is 1.71. The normalized spacial score (nSPS) is 23.8. The first-order chi connectivity index (χ1) is 12.6. The molecule has 0 saturated carbocycles. The minimum Gasteiger partial charge on any atom is -0.397 e. The topological polar surface area (TPSA) is 101 Å². The number of nitrogens with two attached hydrogens (primary N) is 2. The third-order valence-electron chi connectivity index (χ3n) is 4.75. The lowest BCUT2D eigenvalue weighted by atomic mass is 9.80. The summed E-state index contributed by atoms with van der Waals surface area (Å²) in [5.41, 5.74) is 15.6. The monoisotopic (exact) mass is 366 g/mol. The fourth-order valence-corrected chi connectivity index (χ4v) is 4.03. The van der Waals surface area contributed by atoms with Crippen LogP contribution < -0.4 is 22.1 Å². The number of amidine groups is 1. The summed E-state index contributed by atoms with van der Waals surface area (Å²) >= 11 is 0. The number of nitrogens with one attached hydrogen (secondary N) is 2. The van der Waals surface area contributed by atoms with Crippen molar-refractivity contribution in [3.8, 4) is 0 Å². The van der Waals surface area contributed by atoms with E-state index in [1.807, 2.05) is 24.3 Å². The molecule has 0 aromatic heterocycles. The maximum absolute atomic E-state index is 6.19. The molecule has 6 N–H and O–H groups in total. The number of hydrogen-bond acceptors (Lipinski definition) is 5. The molecule has 144 valence electrons. The van der Waals surface area contributed by atoms with Gasteiger partial charge < -0.3 is 22.1 Å². The molecule has 2 aliphatic rings. The molecule has 0 unspecified atom stereocenters. The molecule has 0 atom stereocenters. The smallest absolute Gasteiger partial charge is 0.118 e. The van der Waals surface area contributed by atoms with Crippen molar-refractivity contribution in [1.82, 2.24) is 5.32 Å². The van der Waals surface area contributed by atoms with Gasteiger partial charge in [-0.1, -0.05) is 12.1 Å². The van der Waals surface area contributed by atoms with E-state index in [2.05, 4.69) is 43.3 Å². The molecule has 1 aromatic rings. The first-order valence-electron chi connectivity index (χ1n) is 9.34. The maximum atomic E-state index is 6.19. The van der Waals surface area contributed by atoms with Crippen LogP contribution in [0.15, 0.2) is 57.8 Å². The zero-order valence-electron chi connectivity index (χ0n) is 16.6. The lowest BCUT2D eigenvalue weighted by molar-refractivity contribution is 0.164. The summed E-state index contributed by atoms with van der Waals surface area (Å²) in [5, 5.41) is 6.95. The van der Waals surface area contributed by atoms with Crippen LogP contribution in [0.25, 0.3) is 0 Å². The van der Waals surface area contributed by atoms with Crippen LogP contribution >= 0.6 is 0 Å². The SMILES string of the molecule is CC1(C)CC(N=C(N)C=CC(N)=C2C=Nc3ccccc3N2)CC(C)(C)N1. The van der Waals surface area contributed by atoms with Crippen molar-refractivity contribution in [3.63, 3.8) is 0 Å². The van der Waals surface area contributed by atoms with E-state index >= 15 is 0 Å².